The van der Waals surface area contributed by atoms with Crippen LogP contribution in [-0.2, 0) is 24.8 Å². The van der Waals surface area contributed by atoms with Crippen molar-refractivity contribution in [1.29, 1.82) is 0 Å². The van der Waals surface area contributed by atoms with E-state index in [0.717, 1.165) is 10.6 Å². The lowest BCUT2D eigenvalue weighted by Crippen LogP contribution is -2.48. The van der Waals surface area contributed by atoms with Gasteiger partial charge in [0.1, 0.15) is 5.75 Å². The van der Waals surface area contributed by atoms with Gasteiger partial charge in [0.25, 0.3) is 15.9 Å². The van der Waals surface area contributed by atoms with Gasteiger partial charge in [-0.15, -0.1) is 0 Å². The molecule has 1 aliphatic rings. The largest absolute Gasteiger partial charge is 0.476 e. The van der Waals surface area contributed by atoms with E-state index in [1.165, 1.54) is 24.3 Å². The van der Waals surface area contributed by atoms with Gasteiger partial charge >= 0.3 is 0 Å². The van der Waals surface area contributed by atoms with Gasteiger partial charge in [-0.05, 0) is 48.5 Å². The first-order valence-corrected chi connectivity index (χ1v) is 13.2. The minimum atomic E-state index is -3.80. The van der Waals surface area contributed by atoms with Crippen molar-refractivity contribution in [2.45, 2.75) is 11.0 Å². The summed E-state index contributed by atoms with van der Waals surface area (Å²) in [4.78, 5) is 12.8. The second-order valence-electron chi connectivity index (χ2n) is 7.35. The Hall–Kier alpha value is -3.57. The molecule has 11 heteroatoms. The molecule has 0 bridgehead atoms. The maximum Gasteiger partial charge on any atom is 0.267 e. The van der Waals surface area contributed by atoms with Crippen molar-refractivity contribution in [1.82, 2.24) is 0 Å². The van der Waals surface area contributed by atoms with Gasteiger partial charge in [0.15, 0.2) is 6.10 Å². The lowest BCUT2D eigenvalue weighted by Gasteiger charge is -2.33. The number of nitrogens with zero attached hydrogens (tertiary/aromatic N) is 1. The van der Waals surface area contributed by atoms with Crippen LogP contribution in [0.2, 0.25) is 0 Å². The molecule has 4 rings (SSSR count). The summed E-state index contributed by atoms with van der Waals surface area (Å²) in [5, 5.41) is 2.64. The Kier molecular flexibility index (Phi) is 6.00. The molecule has 0 unspecified atom stereocenters. The number of nitrogens with one attached hydrogen (secondary N) is 2. The number of sulfonamides is 2. The van der Waals surface area contributed by atoms with Crippen LogP contribution in [0.25, 0.3) is 0 Å². The van der Waals surface area contributed by atoms with Gasteiger partial charge in [-0.1, -0.05) is 30.3 Å². The number of rotatable bonds is 6. The van der Waals surface area contributed by atoms with E-state index < -0.39 is 32.1 Å². The Balaban J connectivity index is 1.48. The Morgan fingerprint density at radius 2 is 1.52 bits per heavy atom. The SMILES string of the molecule is CS(=O)(=O)N1C[C@H](C(=O)Nc2ccc(S(=O)(=O)Nc3ccccc3)cc2)Oc2ccccc21. The second kappa shape index (κ2) is 8.75. The molecule has 1 atom stereocenters. The fourth-order valence-corrected chi connectivity index (χ4v) is 5.29. The van der Waals surface area contributed by atoms with E-state index in [1.807, 2.05) is 0 Å². The summed E-state index contributed by atoms with van der Waals surface area (Å²) in [7, 11) is -7.42. The first-order valence-electron chi connectivity index (χ1n) is 9.86. The van der Waals surface area contributed by atoms with E-state index >= 15 is 0 Å². The molecule has 0 radical (unpaired) electrons. The maximum absolute atomic E-state index is 12.8. The Morgan fingerprint density at radius 1 is 0.879 bits per heavy atom. The molecule has 0 aliphatic carbocycles. The quantitative estimate of drug-likeness (QED) is 0.551. The Labute approximate surface area is 192 Å². The third-order valence-electron chi connectivity index (χ3n) is 4.89. The van der Waals surface area contributed by atoms with Crippen LogP contribution in [0.3, 0.4) is 0 Å². The van der Waals surface area contributed by atoms with Crippen molar-refractivity contribution in [3.8, 4) is 5.75 Å². The van der Waals surface area contributed by atoms with Crippen LogP contribution >= 0.6 is 0 Å². The highest BCUT2D eigenvalue weighted by Gasteiger charge is 2.34. The molecule has 3 aromatic carbocycles. The molecule has 33 heavy (non-hydrogen) atoms. The van der Waals surface area contributed by atoms with Crippen molar-refractivity contribution in [3.63, 3.8) is 0 Å². The highest BCUT2D eigenvalue weighted by Crippen LogP contribution is 2.34. The molecule has 3 aromatic rings. The van der Waals surface area contributed by atoms with Crippen molar-refractivity contribution >= 4 is 43.0 Å². The number of para-hydroxylation sites is 3. The number of carbonyl (C=O) groups is 1. The predicted molar refractivity (Wildman–Crippen MR) is 125 cm³/mol. The maximum atomic E-state index is 12.8. The third-order valence-corrected chi connectivity index (χ3v) is 7.43. The molecule has 1 amide bonds. The molecule has 0 spiro atoms. The average Bonchev–Trinajstić information content (AvgIpc) is 2.78. The van der Waals surface area contributed by atoms with Crippen LogP contribution in [-0.4, -0.2) is 41.6 Å². The zero-order chi connectivity index (χ0) is 23.6. The van der Waals surface area contributed by atoms with Crippen LogP contribution in [0, 0.1) is 0 Å². The Morgan fingerprint density at radius 3 is 2.18 bits per heavy atom. The summed E-state index contributed by atoms with van der Waals surface area (Å²) < 4.78 is 58.8. The van der Waals surface area contributed by atoms with Crippen molar-refractivity contribution < 1.29 is 26.4 Å². The molecular weight excluding hydrogens is 466 g/mol. The molecule has 0 saturated heterocycles. The topological polar surface area (TPSA) is 122 Å². The number of ether oxygens (including phenoxy) is 1. The van der Waals surface area contributed by atoms with Crippen molar-refractivity contribution in [3.05, 3.63) is 78.9 Å². The van der Waals surface area contributed by atoms with E-state index in [4.69, 9.17) is 4.74 Å². The van der Waals surface area contributed by atoms with Crippen molar-refractivity contribution in [2.75, 3.05) is 27.1 Å². The molecule has 0 aromatic heterocycles. The van der Waals surface area contributed by atoms with Crippen LogP contribution in [0.1, 0.15) is 0 Å². The van der Waals surface area contributed by atoms with Crippen LogP contribution in [0.4, 0.5) is 17.1 Å². The van der Waals surface area contributed by atoms with Gasteiger partial charge in [-0.25, -0.2) is 16.8 Å². The standard InChI is InChI=1S/C22H21N3O6S2/c1-32(27,28)25-15-21(31-20-10-6-5-9-19(20)25)22(26)23-16-11-13-18(14-12-16)33(29,30)24-17-7-3-2-4-8-17/h2-14,21,24H,15H2,1H3,(H,23,26)/t21-/m1/s1. The molecule has 172 valence electrons. The van der Waals surface area contributed by atoms with E-state index in [2.05, 4.69) is 10.0 Å². The first-order chi connectivity index (χ1) is 15.6. The second-order valence-corrected chi connectivity index (χ2v) is 10.9. The zero-order valence-electron chi connectivity index (χ0n) is 17.5. The zero-order valence-corrected chi connectivity index (χ0v) is 19.1. The van der Waals surface area contributed by atoms with E-state index in [-0.39, 0.29) is 17.2 Å². The highest BCUT2D eigenvalue weighted by molar-refractivity contribution is 7.92. The number of amides is 1. The molecule has 1 heterocycles. The highest BCUT2D eigenvalue weighted by atomic mass is 32.2. The van der Waals surface area contributed by atoms with Crippen LogP contribution < -0.4 is 19.1 Å². The molecule has 2 N–H and O–H groups in total. The minimum absolute atomic E-state index is 0.0236. The fourth-order valence-electron chi connectivity index (χ4n) is 3.31. The fraction of sp³-hybridized carbons (Fsp3) is 0.136. The Bertz CT molecular complexity index is 1380. The summed E-state index contributed by atoms with van der Waals surface area (Å²) in [6.07, 6.45) is -0.0232. The summed E-state index contributed by atoms with van der Waals surface area (Å²) in [5.41, 5.74) is 1.14. The lowest BCUT2D eigenvalue weighted by atomic mass is 10.2. The number of benzene rings is 3. The molecule has 9 nitrogen and oxygen atoms in total. The molecule has 1 aliphatic heterocycles. The summed E-state index contributed by atoms with van der Waals surface area (Å²) in [6.45, 7) is -0.185. The van der Waals surface area contributed by atoms with Gasteiger partial charge in [0.05, 0.1) is 23.4 Å². The number of hydrogen-bond acceptors (Lipinski definition) is 6. The van der Waals surface area contributed by atoms with E-state index in [1.54, 1.807) is 54.6 Å². The van der Waals surface area contributed by atoms with Gasteiger partial charge in [0, 0.05) is 11.4 Å². The van der Waals surface area contributed by atoms with E-state index in [9.17, 15) is 21.6 Å². The van der Waals surface area contributed by atoms with Crippen molar-refractivity contribution in [2.24, 2.45) is 0 Å². The number of carbonyl (C=O) groups excluding carboxylic acids is 1. The summed E-state index contributed by atoms with van der Waals surface area (Å²) >= 11 is 0. The van der Waals surface area contributed by atoms with Gasteiger partial charge < -0.3 is 10.1 Å². The normalized spacial score (nSPS) is 15.8. The average molecular weight is 488 g/mol. The molecule has 0 saturated carbocycles. The van der Waals surface area contributed by atoms with Crippen LogP contribution in [0.5, 0.6) is 5.75 Å². The third kappa shape index (κ3) is 5.10. The predicted octanol–water partition coefficient (Wildman–Crippen LogP) is 2.65. The van der Waals surface area contributed by atoms with Gasteiger partial charge in [0.2, 0.25) is 10.0 Å². The monoisotopic (exact) mass is 487 g/mol. The first kappa shape index (κ1) is 22.6. The number of fused-ring (bicyclic) bond motifs is 1. The smallest absolute Gasteiger partial charge is 0.267 e. The van der Waals surface area contributed by atoms with Gasteiger partial charge in [-0.3, -0.25) is 13.8 Å². The number of hydrogen-bond donors (Lipinski definition) is 2. The minimum Gasteiger partial charge on any atom is -0.476 e. The summed E-state index contributed by atoms with van der Waals surface area (Å²) in [5.74, 6) is -0.279. The van der Waals surface area contributed by atoms with Crippen LogP contribution in [0.15, 0.2) is 83.8 Å². The lowest BCUT2D eigenvalue weighted by molar-refractivity contribution is -0.122. The molecule has 0 fully saturated rings. The number of anilines is 3. The van der Waals surface area contributed by atoms with Gasteiger partial charge in [-0.2, -0.15) is 0 Å². The molecular formula is C22H21N3O6S2. The van der Waals surface area contributed by atoms with E-state index in [0.29, 0.717) is 17.1 Å². The summed E-state index contributed by atoms with van der Waals surface area (Å²) in [6, 6.07) is 20.7.